The molecule has 2 amide bonds. The average Bonchev–Trinajstić information content (AvgIpc) is 3.22. The minimum Gasteiger partial charge on any atom is -0.465 e. The van der Waals surface area contributed by atoms with Crippen molar-refractivity contribution in [3.8, 4) is 0 Å². The Kier molecular flexibility index (Phi) is 4.76. The van der Waals surface area contributed by atoms with Crippen LogP contribution in [-0.2, 0) is 11.2 Å². The zero-order valence-electron chi connectivity index (χ0n) is 15.3. The number of amides is 2. The summed E-state index contributed by atoms with van der Waals surface area (Å²) in [6, 6.07) is 9.83. The molecule has 0 aliphatic carbocycles. The van der Waals surface area contributed by atoms with Crippen molar-refractivity contribution in [1.29, 1.82) is 0 Å². The summed E-state index contributed by atoms with van der Waals surface area (Å²) in [5.41, 5.74) is 3.84. The highest BCUT2D eigenvalue weighted by molar-refractivity contribution is 5.92. The smallest absolute Gasteiger partial charge is 0.337 e. The molecule has 0 spiro atoms. The molecule has 4 rings (SSSR count). The Balaban J connectivity index is 1.58. The summed E-state index contributed by atoms with van der Waals surface area (Å²) in [6.07, 6.45) is 5.77. The summed E-state index contributed by atoms with van der Waals surface area (Å²) in [6.45, 7) is 0.550. The van der Waals surface area contributed by atoms with Crippen molar-refractivity contribution in [2.24, 2.45) is 0 Å². The highest BCUT2D eigenvalue weighted by atomic mass is 16.5. The van der Waals surface area contributed by atoms with E-state index >= 15 is 0 Å². The number of urea groups is 1. The number of esters is 1. The van der Waals surface area contributed by atoms with Gasteiger partial charge in [0.05, 0.1) is 24.7 Å². The molecule has 0 saturated heterocycles. The molecule has 2 aromatic heterocycles. The lowest BCUT2D eigenvalue weighted by molar-refractivity contribution is 0.0600. The molecule has 1 aromatic carbocycles. The number of aromatic nitrogens is 3. The molecule has 8 nitrogen and oxygen atoms in total. The molecule has 1 unspecified atom stereocenters. The first-order valence-electron chi connectivity index (χ1n) is 8.85. The van der Waals surface area contributed by atoms with Crippen LogP contribution in [0.25, 0.3) is 0 Å². The number of anilines is 1. The van der Waals surface area contributed by atoms with Crippen LogP contribution < -0.4 is 5.32 Å². The Morgan fingerprint density at radius 3 is 2.64 bits per heavy atom. The van der Waals surface area contributed by atoms with Gasteiger partial charge in [0.1, 0.15) is 6.04 Å². The lowest BCUT2D eigenvalue weighted by atomic mass is 9.97. The van der Waals surface area contributed by atoms with E-state index < -0.39 is 5.97 Å². The predicted molar refractivity (Wildman–Crippen MR) is 102 cm³/mol. The highest BCUT2D eigenvalue weighted by Gasteiger charge is 2.34. The first-order chi connectivity index (χ1) is 13.7. The van der Waals surface area contributed by atoms with E-state index in [0.717, 1.165) is 17.0 Å². The summed E-state index contributed by atoms with van der Waals surface area (Å²) in [5.74, 6) is -0.419. The third-order valence-corrected chi connectivity index (χ3v) is 4.76. The van der Waals surface area contributed by atoms with Gasteiger partial charge in [-0.25, -0.2) is 14.6 Å². The third kappa shape index (κ3) is 3.32. The van der Waals surface area contributed by atoms with Crippen LogP contribution in [0.5, 0.6) is 0 Å². The fourth-order valence-corrected chi connectivity index (χ4v) is 3.38. The van der Waals surface area contributed by atoms with E-state index in [4.69, 9.17) is 4.74 Å². The zero-order chi connectivity index (χ0) is 19.5. The molecular weight excluding hydrogens is 358 g/mol. The molecule has 1 aliphatic heterocycles. The van der Waals surface area contributed by atoms with Crippen LogP contribution in [0.15, 0.2) is 55.1 Å². The SMILES string of the molecule is COC(=O)c1ccc(NC(=O)N2CCc3[nH]cnc3C2c2ccncc2)cc1. The van der Waals surface area contributed by atoms with Crippen LogP contribution in [-0.4, -0.2) is 45.5 Å². The van der Waals surface area contributed by atoms with Crippen molar-refractivity contribution in [3.05, 3.63) is 77.6 Å². The first-order valence-corrected chi connectivity index (χ1v) is 8.85. The summed E-state index contributed by atoms with van der Waals surface area (Å²) in [7, 11) is 1.33. The van der Waals surface area contributed by atoms with Crippen molar-refractivity contribution in [2.45, 2.75) is 12.5 Å². The van der Waals surface area contributed by atoms with Gasteiger partial charge in [0, 0.05) is 36.7 Å². The quantitative estimate of drug-likeness (QED) is 0.684. The number of H-pyrrole nitrogens is 1. The average molecular weight is 377 g/mol. The maximum Gasteiger partial charge on any atom is 0.337 e. The van der Waals surface area contributed by atoms with Gasteiger partial charge in [-0.2, -0.15) is 0 Å². The van der Waals surface area contributed by atoms with E-state index in [1.165, 1.54) is 7.11 Å². The van der Waals surface area contributed by atoms with Crippen LogP contribution in [0.2, 0.25) is 0 Å². The number of pyridine rings is 1. The van der Waals surface area contributed by atoms with Crippen molar-refractivity contribution >= 4 is 17.7 Å². The maximum absolute atomic E-state index is 13.0. The summed E-state index contributed by atoms with van der Waals surface area (Å²) in [4.78, 5) is 38.0. The van der Waals surface area contributed by atoms with Crippen LogP contribution in [0.4, 0.5) is 10.5 Å². The predicted octanol–water partition coefficient (Wildman–Crippen LogP) is 2.77. The standard InChI is InChI=1S/C20H19N5O3/c1-28-19(26)14-2-4-15(5-3-14)24-20(27)25-11-8-16-17(23-12-22-16)18(25)13-6-9-21-10-7-13/h2-7,9-10,12,18H,8,11H2,1H3,(H,22,23)(H,24,27). The van der Waals surface area contributed by atoms with Gasteiger partial charge in [0.2, 0.25) is 0 Å². The Morgan fingerprint density at radius 1 is 1.18 bits per heavy atom. The largest absolute Gasteiger partial charge is 0.465 e. The van der Waals surface area contributed by atoms with Gasteiger partial charge in [-0.1, -0.05) is 0 Å². The molecule has 2 N–H and O–H groups in total. The van der Waals surface area contributed by atoms with Gasteiger partial charge in [0.25, 0.3) is 0 Å². The number of imidazole rings is 1. The molecule has 1 aliphatic rings. The molecule has 0 bridgehead atoms. The van der Waals surface area contributed by atoms with Crippen LogP contribution in [0.1, 0.15) is 33.4 Å². The Hall–Kier alpha value is -3.68. The van der Waals surface area contributed by atoms with E-state index in [-0.39, 0.29) is 12.1 Å². The number of aromatic amines is 1. The lowest BCUT2D eigenvalue weighted by Crippen LogP contribution is -2.43. The zero-order valence-corrected chi connectivity index (χ0v) is 15.3. The monoisotopic (exact) mass is 377 g/mol. The van der Waals surface area contributed by atoms with Gasteiger partial charge in [-0.05, 0) is 42.0 Å². The number of rotatable bonds is 3. The number of carbonyl (C=O) groups excluding carboxylic acids is 2. The van der Waals surface area contributed by atoms with Crippen molar-refractivity contribution in [3.63, 3.8) is 0 Å². The number of nitrogens with zero attached hydrogens (tertiary/aromatic N) is 3. The van der Waals surface area contributed by atoms with Crippen molar-refractivity contribution < 1.29 is 14.3 Å². The summed E-state index contributed by atoms with van der Waals surface area (Å²) in [5, 5.41) is 2.90. The Labute approximate surface area is 161 Å². The lowest BCUT2D eigenvalue weighted by Gasteiger charge is -2.35. The molecule has 3 aromatic rings. The van der Waals surface area contributed by atoms with Gasteiger partial charge < -0.3 is 19.9 Å². The number of ether oxygens (including phenoxy) is 1. The summed E-state index contributed by atoms with van der Waals surface area (Å²) < 4.78 is 4.69. The molecule has 8 heteroatoms. The van der Waals surface area contributed by atoms with E-state index in [0.29, 0.717) is 24.2 Å². The molecule has 1 atom stereocenters. The number of benzene rings is 1. The molecule has 0 radical (unpaired) electrons. The second kappa shape index (κ2) is 7.51. The number of methoxy groups -OCH3 is 1. The normalized spacial score (nSPS) is 15.6. The molecule has 142 valence electrons. The van der Waals surface area contributed by atoms with Crippen molar-refractivity contribution in [1.82, 2.24) is 19.9 Å². The topological polar surface area (TPSA) is 100 Å². The van der Waals surface area contributed by atoms with E-state index in [1.807, 2.05) is 12.1 Å². The van der Waals surface area contributed by atoms with Crippen LogP contribution in [0, 0.1) is 0 Å². The van der Waals surface area contributed by atoms with Gasteiger partial charge in [-0.15, -0.1) is 0 Å². The number of fused-ring (bicyclic) bond motifs is 1. The highest BCUT2D eigenvalue weighted by Crippen LogP contribution is 2.33. The number of carbonyl (C=O) groups is 2. The summed E-state index contributed by atoms with van der Waals surface area (Å²) >= 11 is 0. The molecule has 28 heavy (non-hydrogen) atoms. The fraction of sp³-hybridized carbons (Fsp3) is 0.200. The molecule has 0 saturated carbocycles. The van der Waals surface area contributed by atoms with Gasteiger partial charge in [0.15, 0.2) is 0 Å². The van der Waals surface area contributed by atoms with Gasteiger partial charge >= 0.3 is 12.0 Å². The second-order valence-electron chi connectivity index (χ2n) is 6.39. The van der Waals surface area contributed by atoms with E-state index in [1.54, 1.807) is 47.9 Å². The fourth-order valence-electron chi connectivity index (χ4n) is 3.38. The molecular formula is C20H19N5O3. The third-order valence-electron chi connectivity index (χ3n) is 4.76. The number of nitrogens with one attached hydrogen (secondary N) is 2. The minimum absolute atomic E-state index is 0.235. The molecule has 3 heterocycles. The maximum atomic E-state index is 13.0. The van der Waals surface area contributed by atoms with Crippen LogP contribution in [0.3, 0.4) is 0 Å². The van der Waals surface area contributed by atoms with Crippen LogP contribution >= 0.6 is 0 Å². The van der Waals surface area contributed by atoms with Gasteiger partial charge in [-0.3, -0.25) is 4.98 Å². The minimum atomic E-state index is -0.419. The molecule has 0 fully saturated rings. The van der Waals surface area contributed by atoms with E-state index in [2.05, 4.69) is 20.3 Å². The van der Waals surface area contributed by atoms with Crippen molar-refractivity contribution in [2.75, 3.05) is 19.0 Å². The number of hydrogen-bond acceptors (Lipinski definition) is 5. The number of hydrogen-bond donors (Lipinski definition) is 2. The van der Waals surface area contributed by atoms with E-state index in [9.17, 15) is 9.59 Å². The Morgan fingerprint density at radius 2 is 1.93 bits per heavy atom. The Bertz CT molecular complexity index is 985. The first kappa shape index (κ1) is 17.7. The second-order valence-corrected chi connectivity index (χ2v) is 6.39.